The van der Waals surface area contributed by atoms with Gasteiger partial charge >= 0.3 is 6.18 Å². The SMILES string of the molecule is Cc1ccc(C(C)C)cc1CF.Cc1ccc(C(C)C)cc1Cl.Cc1ccc(C(C)C)cc1F.Cc1ncc(C(C)C)cc1C(F)(F)F.Cc1ncc(C(C)C)cc1Cl. The minimum atomic E-state index is -4.30. The molecule has 0 aliphatic carbocycles. The number of hydrogen-bond acceptors (Lipinski definition) is 2. The molecule has 59 heavy (non-hydrogen) atoms. The van der Waals surface area contributed by atoms with E-state index < -0.39 is 11.7 Å². The molecule has 2 heterocycles. The van der Waals surface area contributed by atoms with Gasteiger partial charge in [0.2, 0.25) is 0 Å². The molecule has 0 atom stereocenters. The van der Waals surface area contributed by atoms with Gasteiger partial charge in [-0.1, -0.05) is 135 Å². The molecule has 0 radical (unpaired) electrons. The van der Waals surface area contributed by atoms with Gasteiger partial charge in [0.1, 0.15) is 12.5 Å². The first-order valence-electron chi connectivity index (χ1n) is 20.1. The van der Waals surface area contributed by atoms with Crippen LogP contribution in [0.15, 0.2) is 79.1 Å². The Bertz CT molecular complexity index is 1900. The molecular formula is C50H65Cl2F5N2. The lowest BCUT2D eigenvalue weighted by Gasteiger charge is -2.12. The van der Waals surface area contributed by atoms with Crippen LogP contribution in [-0.4, -0.2) is 9.97 Å². The molecule has 2 aromatic heterocycles. The van der Waals surface area contributed by atoms with Crippen LogP contribution in [0.5, 0.6) is 0 Å². The summed E-state index contributed by atoms with van der Waals surface area (Å²) < 4.78 is 62.7. The minimum absolute atomic E-state index is 0.0295. The molecule has 324 valence electrons. The summed E-state index contributed by atoms with van der Waals surface area (Å²) in [5.74, 6) is 1.91. The van der Waals surface area contributed by atoms with Gasteiger partial charge in [-0.2, -0.15) is 13.2 Å². The molecule has 3 aromatic carbocycles. The first kappa shape index (κ1) is 53.2. The number of rotatable bonds is 6. The van der Waals surface area contributed by atoms with Gasteiger partial charge in [0.25, 0.3) is 0 Å². The summed E-state index contributed by atoms with van der Waals surface area (Å²) in [6.45, 7) is 29.3. The van der Waals surface area contributed by atoms with Crippen LogP contribution in [0.25, 0.3) is 0 Å². The second kappa shape index (κ2) is 25.1. The van der Waals surface area contributed by atoms with E-state index in [0.29, 0.717) is 29.2 Å². The average molecular weight is 860 g/mol. The van der Waals surface area contributed by atoms with E-state index in [9.17, 15) is 22.0 Å². The minimum Gasteiger partial charge on any atom is -0.261 e. The zero-order valence-electron chi connectivity index (χ0n) is 37.6. The smallest absolute Gasteiger partial charge is 0.261 e. The van der Waals surface area contributed by atoms with Crippen LogP contribution >= 0.6 is 23.2 Å². The summed E-state index contributed by atoms with van der Waals surface area (Å²) in [6, 6.07) is 20.8. The number of halogens is 7. The first-order chi connectivity index (χ1) is 27.3. The van der Waals surface area contributed by atoms with Crippen LogP contribution in [-0.2, 0) is 12.9 Å². The third-order valence-electron chi connectivity index (χ3n) is 9.70. The van der Waals surface area contributed by atoms with E-state index in [1.165, 1.54) is 35.9 Å². The number of alkyl halides is 4. The van der Waals surface area contributed by atoms with E-state index in [1.807, 2.05) is 77.2 Å². The highest BCUT2D eigenvalue weighted by atomic mass is 35.5. The van der Waals surface area contributed by atoms with Crippen molar-refractivity contribution in [1.29, 1.82) is 0 Å². The van der Waals surface area contributed by atoms with Crippen molar-refractivity contribution in [3.05, 3.63) is 162 Å². The number of hydrogen-bond donors (Lipinski definition) is 0. The monoisotopic (exact) mass is 858 g/mol. The Labute approximate surface area is 362 Å². The molecule has 0 aliphatic rings. The third-order valence-corrected chi connectivity index (χ3v) is 10.5. The van der Waals surface area contributed by atoms with Crippen molar-refractivity contribution in [2.45, 2.75) is 146 Å². The van der Waals surface area contributed by atoms with E-state index in [0.717, 1.165) is 43.6 Å². The molecule has 0 unspecified atom stereocenters. The van der Waals surface area contributed by atoms with Crippen LogP contribution in [0.2, 0.25) is 10.0 Å². The standard InChI is InChI=1S/C11H15F.C10H13Cl.C10H12F3N.C10H13F.C9H12ClN/c1-8(2)10-5-4-9(3)11(6-10)7-12;1-7(2)9-5-4-8(3)10(11)6-9;1-6(2)8-4-9(10(11,12)13)7(3)14-5-8;1-7(2)9-5-4-8(3)10(11)6-9;1-6(2)8-4-9(10)7(3)11-5-8/h4-6,8H,7H2,1-3H3;4-7H,1-3H3;4-6H,1-3H3;4-7H,1-3H3;4-6H,1-3H3. The maximum atomic E-state index is 12.9. The molecule has 0 saturated heterocycles. The molecule has 0 amide bonds. The summed E-state index contributed by atoms with van der Waals surface area (Å²) in [5.41, 5.74) is 9.42. The number of benzene rings is 3. The molecule has 5 aromatic rings. The number of pyridine rings is 2. The average Bonchev–Trinajstić information content (AvgIpc) is 3.15. The Kier molecular flexibility index (Phi) is 22.6. The maximum Gasteiger partial charge on any atom is 0.418 e. The van der Waals surface area contributed by atoms with Gasteiger partial charge in [0.15, 0.2) is 0 Å². The Hall–Kier alpha value is -3.81. The van der Waals surface area contributed by atoms with Crippen molar-refractivity contribution in [3.8, 4) is 0 Å². The lowest BCUT2D eigenvalue weighted by molar-refractivity contribution is -0.138. The van der Waals surface area contributed by atoms with Crippen molar-refractivity contribution in [2.24, 2.45) is 0 Å². The molecule has 0 aliphatic heterocycles. The molecule has 0 bridgehead atoms. The molecule has 0 fully saturated rings. The second-order valence-corrected chi connectivity index (χ2v) is 17.2. The fourth-order valence-electron chi connectivity index (χ4n) is 5.12. The zero-order chi connectivity index (χ0) is 45.4. The number of aryl methyl sites for hydroxylation is 5. The van der Waals surface area contributed by atoms with Gasteiger partial charge in [0.05, 0.1) is 16.3 Å². The van der Waals surface area contributed by atoms with Crippen LogP contribution in [0.1, 0.15) is 166 Å². The van der Waals surface area contributed by atoms with Gasteiger partial charge in [-0.15, -0.1) is 0 Å². The lowest BCUT2D eigenvalue weighted by atomic mass is 9.98. The van der Waals surface area contributed by atoms with Crippen LogP contribution in [0.3, 0.4) is 0 Å². The highest BCUT2D eigenvalue weighted by molar-refractivity contribution is 6.31. The highest BCUT2D eigenvalue weighted by Crippen LogP contribution is 2.32. The summed E-state index contributed by atoms with van der Waals surface area (Å²) in [4.78, 5) is 7.91. The van der Waals surface area contributed by atoms with Crippen molar-refractivity contribution < 1.29 is 22.0 Å². The molecule has 0 spiro atoms. The zero-order valence-corrected chi connectivity index (χ0v) is 39.2. The molecular weight excluding hydrogens is 794 g/mol. The van der Waals surface area contributed by atoms with Gasteiger partial charge in [-0.05, 0) is 139 Å². The van der Waals surface area contributed by atoms with Crippen LogP contribution in [0.4, 0.5) is 22.0 Å². The Morgan fingerprint density at radius 1 is 0.492 bits per heavy atom. The molecule has 9 heteroatoms. The van der Waals surface area contributed by atoms with Crippen molar-refractivity contribution in [1.82, 2.24) is 9.97 Å². The fraction of sp³-hybridized carbons (Fsp3) is 0.440. The largest absolute Gasteiger partial charge is 0.418 e. The van der Waals surface area contributed by atoms with Gasteiger partial charge in [0, 0.05) is 23.1 Å². The highest BCUT2D eigenvalue weighted by Gasteiger charge is 2.33. The van der Waals surface area contributed by atoms with Crippen LogP contribution < -0.4 is 0 Å². The topological polar surface area (TPSA) is 25.8 Å². The van der Waals surface area contributed by atoms with Crippen molar-refractivity contribution in [2.75, 3.05) is 0 Å². The normalized spacial score (nSPS) is 11.0. The predicted octanol–water partition coefficient (Wildman–Crippen LogP) is 17.3. The summed E-state index contributed by atoms with van der Waals surface area (Å²) >= 11 is 11.9. The third kappa shape index (κ3) is 18.6. The van der Waals surface area contributed by atoms with Gasteiger partial charge in [-0.3, -0.25) is 9.97 Å². The molecule has 0 saturated carbocycles. The van der Waals surface area contributed by atoms with Crippen LogP contribution in [0, 0.1) is 40.4 Å². The Morgan fingerprint density at radius 3 is 1.29 bits per heavy atom. The quantitative estimate of drug-likeness (QED) is 0.159. The van der Waals surface area contributed by atoms with Gasteiger partial charge in [-0.25, -0.2) is 8.78 Å². The summed E-state index contributed by atoms with van der Waals surface area (Å²) in [6.07, 6.45) is -0.927. The van der Waals surface area contributed by atoms with E-state index in [1.54, 1.807) is 13.0 Å². The summed E-state index contributed by atoms with van der Waals surface area (Å²) in [5, 5.41) is 1.63. The summed E-state index contributed by atoms with van der Waals surface area (Å²) in [7, 11) is 0. The maximum absolute atomic E-state index is 12.9. The van der Waals surface area contributed by atoms with E-state index in [-0.39, 0.29) is 24.1 Å². The Morgan fingerprint density at radius 2 is 0.881 bits per heavy atom. The Balaban J connectivity index is 0.000000370. The van der Waals surface area contributed by atoms with Crippen molar-refractivity contribution in [3.63, 3.8) is 0 Å². The number of aromatic nitrogens is 2. The first-order valence-corrected chi connectivity index (χ1v) is 20.9. The number of nitrogens with zero attached hydrogens (tertiary/aromatic N) is 2. The fourth-order valence-corrected chi connectivity index (χ4v) is 5.48. The lowest BCUT2D eigenvalue weighted by Crippen LogP contribution is -2.10. The van der Waals surface area contributed by atoms with E-state index >= 15 is 0 Å². The van der Waals surface area contributed by atoms with E-state index in [4.69, 9.17) is 23.2 Å². The van der Waals surface area contributed by atoms with Crippen molar-refractivity contribution >= 4 is 23.2 Å². The van der Waals surface area contributed by atoms with Gasteiger partial charge < -0.3 is 0 Å². The molecule has 5 rings (SSSR count). The predicted molar refractivity (Wildman–Crippen MR) is 242 cm³/mol. The molecule has 0 N–H and O–H groups in total. The van der Waals surface area contributed by atoms with E-state index in [2.05, 4.69) is 83.6 Å². The molecule has 2 nitrogen and oxygen atoms in total. The second-order valence-electron chi connectivity index (χ2n) is 16.3.